The third-order valence-electron chi connectivity index (χ3n) is 7.86. The standard InChI is InChI=1S/C26H32F3N7O/c27-26(28,29)23(18-6-8-36(15-18)20-5-7-30-14-20)33-19-3-1-17(2-4-19)22-13-21-24(34-22)31-16-32-25(21)35-9-11-37-12-10-35/h1-4,13,16,18,20,23,30,33H,5-12,14-15H2,(H,31,32,34)/t18-,20?,23?/m0/s1. The minimum atomic E-state index is -4.32. The molecule has 3 saturated heterocycles. The highest BCUT2D eigenvalue weighted by Gasteiger charge is 2.47. The molecular formula is C26H32F3N7O. The van der Waals surface area contributed by atoms with Crippen molar-refractivity contribution >= 4 is 22.5 Å². The van der Waals surface area contributed by atoms with Crippen molar-refractivity contribution in [3.63, 3.8) is 0 Å². The number of anilines is 2. The van der Waals surface area contributed by atoms with Gasteiger partial charge in [0.2, 0.25) is 0 Å². The van der Waals surface area contributed by atoms with Gasteiger partial charge in [0.25, 0.3) is 0 Å². The Morgan fingerprint density at radius 3 is 2.59 bits per heavy atom. The van der Waals surface area contributed by atoms with E-state index in [-0.39, 0.29) is 0 Å². The lowest BCUT2D eigenvalue weighted by Gasteiger charge is -2.29. The zero-order chi connectivity index (χ0) is 25.4. The van der Waals surface area contributed by atoms with Crippen molar-refractivity contribution in [2.75, 3.05) is 62.7 Å². The Morgan fingerprint density at radius 2 is 1.86 bits per heavy atom. The minimum Gasteiger partial charge on any atom is -0.378 e. The number of benzene rings is 1. The number of H-pyrrole nitrogens is 1. The van der Waals surface area contributed by atoms with E-state index in [1.165, 1.54) is 0 Å². The van der Waals surface area contributed by atoms with E-state index in [0.717, 1.165) is 67.3 Å². The number of aromatic nitrogens is 3. The highest BCUT2D eigenvalue weighted by molar-refractivity contribution is 5.92. The average molecular weight is 516 g/mol. The highest BCUT2D eigenvalue weighted by atomic mass is 19.4. The maximum atomic E-state index is 14.1. The van der Waals surface area contributed by atoms with Crippen molar-refractivity contribution in [3.05, 3.63) is 36.7 Å². The molecule has 0 radical (unpaired) electrons. The monoisotopic (exact) mass is 515 g/mol. The fourth-order valence-electron chi connectivity index (χ4n) is 5.87. The smallest absolute Gasteiger partial charge is 0.378 e. The Labute approximate surface area is 213 Å². The van der Waals surface area contributed by atoms with Crippen LogP contribution in [0.2, 0.25) is 0 Å². The Balaban J connectivity index is 1.18. The summed E-state index contributed by atoms with van der Waals surface area (Å²) in [7, 11) is 0. The van der Waals surface area contributed by atoms with Crippen LogP contribution in [0.4, 0.5) is 24.7 Å². The van der Waals surface area contributed by atoms with Gasteiger partial charge in [-0.2, -0.15) is 13.2 Å². The van der Waals surface area contributed by atoms with Crippen LogP contribution in [-0.4, -0.2) is 90.6 Å². The summed E-state index contributed by atoms with van der Waals surface area (Å²) in [4.78, 5) is 16.6. The fourth-order valence-corrected chi connectivity index (χ4v) is 5.87. The Kier molecular flexibility index (Phi) is 6.68. The maximum absolute atomic E-state index is 14.1. The highest BCUT2D eigenvalue weighted by Crippen LogP contribution is 2.35. The van der Waals surface area contributed by atoms with Crippen LogP contribution in [0.3, 0.4) is 0 Å². The molecule has 2 unspecified atom stereocenters. The van der Waals surface area contributed by atoms with E-state index < -0.39 is 18.1 Å². The summed E-state index contributed by atoms with van der Waals surface area (Å²) in [6.07, 6.45) is -1.22. The van der Waals surface area contributed by atoms with Crippen LogP contribution in [0.25, 0.3) is 22.3 Å². The molecule has 0 saturated carbocycles. The molecule has 3 atom stereocenters. The zero-order valence-corrected chi connectivity index (χ0v) is 20.6. The fraction of sp³-hybridized carbons (Fsp3) is 0.538. The molecule has 2 aromatic heterocycles. The number of halogens is 3. The SMILES string of the molecule is FC(F)(F)C(Nc1ccc(-c2cc3c(N4CCOCC4)ncnc3[nH]2)cc1)[C@H]1CCN(C2CCNC2)C1. The molecule has 8 nitrogen and oxygen atoms in total. The van der Waals surface area contributed by atoms with Gasteiger partial charge >= 0.3 is 6.18 Å². The number of alkyl halides is 3. The molecule has 0 spiro atoms. The lowest BCUT2D eigenvalue weighted by atomic mass is 9.97. The number of rotatable bonds is 6. The third-order valence-corrected chi connectivity index (χ3v) is 7.86. The number of hydrogen-bond donors (Lipinski definition) is 3. The maximum Gasteiger partial charge on any atom is 0.408 e. The number of hydrogen-bond acceptors (Lipinski definition) is 7. The summed E-state index contributed by atoms with van der Waals surface area (Å²) in [5.74, 6) is 0.396. The number of morpholine rings is 1. The first-order valence-corrected chi connectivity index (χ1v) is 13.0. The zero-order valence-electron chi connectivity index (χ0n) is 20.6. The first-order valence-electron chi connectivity index (χ1n) is 13.0. The molecule has 11 heteroatoms. The second kappa shape index (κ2) is 10.1. The summed E-state index contributed by atoms with van der Waals surface area (Å²) in [6, 6.07) is 7.91. The number of nitrogens with one attached hydrogen (secondary N) is 3. The van der Waals surface area contributed by atoms with Gasteiger partial charge < -0.3 is 25.3 Å². The van der Waals surface area contributed by atoms with Gasteiger partial charge in [0.1, 0.15) is 23.8 Å². The van der Waals surface area contributed by atoms with Crippen LogP contribution in [-0.2, 0) is 4.74 Å². The summed E-state index contributed by atoms with van der Waals surface area (Å²) >= 11 is 0. The van der Waals surface area contributed by atoms with Gasteiger partial charge in [-0.15, -0.1) is 0 Å². The lowest BCUT2D eigenvalue weighted by Crippen LogP contribution is -2.44. The van der Waals surface area contributed by atoms with E-state index in [2.05, 4.69) is 35.4 Å². The molecule has 198 valence electrons. The third kappa shape index (κ3) is 5.12. The molecule has 5 heterocycles. The molecule has 6 rings (SSSR count). The van der Waals surface area contributed by atoms with Gasteiger partial charge in [0.15, 0.2) is 0 Å². The predicted molar refractivity (Wildman–Crippen MR) is 137 cm³/mol. The number of nitrogens with zero attached hydrogens (tertiary/aromatic N) is 4. The van der Waals surface area contributed by atoms with E-state index in [9.17, 15) is 13.2 Å². The molecule has 37 heavy (non-hydrogen) atoms. The molecule has 3 fully saturated rings. The Bertz CT molecular complexity index is 1200. The van der Waals surface area contributed by atoms with E-state index in [4.69, 9.17) is 4.74 Å². The van der Waals surface area contributed by atoms with Gasteiger partial charge in [-0.25, -0.2) is 9.97 Å². The molecule has 1 aromatic carbocycles. The first kappa shape index (κ1) is 24.4. The van der Waals surface area contributed by atoms with Crippen molar-refractivity contribution in [2.24, 2.45) is 5.92 Å². The Morgan fingerprint density at radius 1 is 1.05 bits per heavy atom. The van der Waals surface area contributed by atoms with Crippen molar-refractivity contribution in [1.29, 1.82) is 0 Å². The summed E-state index contributed by atoms with van der Waals surface area (Å²) < 4.78 is 47.7. The van der Waals surface area contributed by atoms with Gasteiger partial charge in [-0.1, -0.05) is 12.1 Å². The van der Waals surface area contributed by atoms with Crippen LogP contribution in [0.5, 0.6) is 0 Å². The van der Waals surface area contributed by atoms with E-state index in [1.807, 2.05) is 18.2 Å². The van der Waals surface area contributed by atoms with Crippen LogP contribution in [0.1, 0.15) is 12.8 Å². The average Bonchev–Trinajstić information content (AvgIpc) is 3.68. The molecule has 0 bridgehead atoms. The van der Waals surface area contributed by atoms with E-state index in [0.29, 0.717) is 37.9 Å². The van der Waals surface area contributed by atoms with Gasteiger partial charge in [0.05, 0.1) is 18.6 Å². The molecule has 0 aliphatic carbocycles. The number of ether oxygens (including phenoxy) is 1. The molecule has 0 amide bonds. The molecule has 3 aliphatic rings. The molecular weight excluding hydrogens is 483 g/mol. The molecule has 3 N–H and O–H groups in total. The predicted octanol–water partition coefficient (Wildman–Crippen LogP) is 3.49. The lowest BCUT2D eigenvalue weighted by molar-refractivity contribution is -0.152. The summed E-state index contributed by atoms with van der Waals surface area (Å²) in [6.45, 7) is 5.86. The van der Waals surface area contributed by atoms with E-state index >= 15 is 0 Å². The second-order valence-corrected chi connectivity index (χ2v) is 10.2. The summed E-state index contributed by atoms with van der Waals surface area (Å²) in [5, 5.41) is 7.04. The molecule has 3 aromatic rings. The van der Waals surface area contributed by atoms with Crippen LogP contribution in [0, 0.1) is 5.92 Å². The normalized spacial score (nSPS) is 24.1. The summed E-state index contributed by atoms with van der Waals surface area (Å²) in [5.41, 5.74) is 2.92. The number of aromatic amines is 1. The van der Waals surface area contributed by atoms with Crippen molar-refractivity contribution in [2.45, 2.75) is 31.1 Å². The topological polar surface area (TPSA) is 81.3 Å². The van der Waals surface area contributed by atoms with Gasteiger partial charge in [-0.05, 0) is 49.7 Å². The van der Waals surface area contributed by atoms with Crippen LogP contribution < -0.4 is 15.5 Å². The van der Waals surface area contributed by atoms with Crippen molar-refractivity contribution in [3.8, 4) is 11.3 Å². The first-order chi connectivity index (χ1) is 18.0. The van der Waals surface area contributed by atoms with Crippen molar-refractivity contribution in [1.82, 2.24) is 25.2 Å². The largest absolute Gasteiger partial charge is 0.408 e. The second-order valence-electron chi connectivity index (χ2n) is 10.2. The quantitative estimate of drug-likeness (QED) is 0.464. The number of likely N-dealkylation sites (tertiary alicyclic amines) is 1. The van der Waals surface area contributed by atoms with Gasteiger partial charge in [-0.3, -0.25) is 4.90 Å². The van der Waals surface area contributed by atoms with E-state index in [1.54, 1.807) is 18.5 Å². The molecule has 3 aliphatic heterocycles. The Hall–Kier alpha value is -2.89. The minimum absolute atomic E-state index is 0.350. The number of fused-ring (bicyclic) bond motifs is 1. The van der Waals surface area contributed by atoms with Gasteiger partial charge in [0, 0.05) is 49.5 Å². The van der Waals surface area contributed by atoms with Crippen LogP contribution in [0.15, 0.2) is 36.7 Å². The van der Waals surface area contributed by atoms with Crippen LogP contribution >= 0.6 is 0 Å². The van der Waals surface area contributed by atoms with Crippen molar-refractivity contribution < 1.29 is 17.9 Å².